The minimum atomic E-state index is -1.15. The lowest BCUT2D eigenvalue weighted by molar-refractivity contribution is -0.116. The highest BCUT2D eigenvalue weighted by Gasteiger charge is 2.27. The van der Waals surface area contributed by atoms with Crippen LogP contribution in [0.5, 0.6) is 0 Å². The second-order valence-electron chi connectivity index (χ2n) is 6.30. The highest BCUT2D eigenvalue weighted by atomic mass is 32.1. The minimum absolute atomic E-state index is 0.127. The molecule has 8 nitrogen and oxygen atoms in total. The topological polar surface area (TPSA) is 111 Å². The lowest BCUT2D eigenvalue weighted by atomic mass is 9.95. The fourth-order valence-corrected chi connectivity index (χ4v) is 4.31. The molecule has 0 atom stereocenters. The molecule has 144 valence electrons. The average molecular weight is 391 g/mol. The molecule has 0 aliphatic heterocycles. The Hall–Kier alpha value is -2.68. The van der Waals surface area contributed by atoms with Crippen LogP contribution in [0.15, 0.2) is 12.3 Å². The van der Waals surface area contributed by atoms with E-state index >= 15 is 0 Å². The minimum Gasteiger partial charge on any atom is -0.476 e. The van der Waals surface area contributed by atoms with Gasteiger partial charge in [0.25, 0.3) is 0 Å². The van der Waals surface area contributed by atoms with Gasteiger partial charge in [0.1, 0.15) is 11.5 Å². The van der Waals surface area contributed by atoms with E-state index in [0.717, 1.165) is 42.5 Å². The standard InChI is InChI=1S/C18H21N3O5S/c1-2-9-26-18(25)15-11-5-3-4-6-13(11)27-16(15)19-14(22)10-21-8-7-12(20-21)17(23)24/h7-8H,2-6,9-10H2,1H3,(H,19,22)(H,23,24). The summed E-state index contributed by atoms with van der Waals surface area (Å²) in [7, 11) is 0. The molecule has 2 aromatic rings. The molecule has 0 radical (unpaired) electrons. The number of carbonyl (C=O) groups excluding carboxylic acids is 2. The molecule has 0 saturated carbocycles. The molecular weight excluding hydrogens is 370 g/mol. The molecule has 2 aromatic heterocycles. The number of aromatic nitrogens is 2. The van der Waals surface area contributed by atoms with E-state index in [0.29, 0.717) is 17.2 Å². The summed E-state index contributed by atoms with van der Waals surface area (Å²) < 4.78 is 6.56. The third-order valence-corrected chi connectivity index (χ3v) is 5.44. The van der Waals surface area contributed by atoms with E-state index in [4.69, 9.17) is 9.84 Å². The highest BCUT2D eigenvalue weighted by Crippen LogP contribution is 2.38. The van der Waals surface area contributed by atoms with Crippen molar-refractivity contribution >= 4 is 34.2 Å². The smallest absolute Gasteiger partial charge is 0.356 e. The van der Waals surface area contributed by atoms with Gasteiger partial charge in [-0.15, -0.1) is 11.3 Å². The predicted octanol–water partition coefficient (Wildman–Crippen LogP) is 2.73. The zero-order valence-corrected chi connectivity index (χ0v) is 15.8. The van der Waals surface area contributed by atoms with Gasteiger partial charge in [0, 0.05) is 11.1 Å². The number of carbonyl (C=O) groups is 3. The van der Waals surface area contributed by atoms with Gasteiger partial charge in [0.05, 0.1) is 12.2 Å². The number of esters is 1. The lowest BCUT2D eigenvalue weighted by Crippen LogP contribution is -2.20. The van der Waals surface area contributed by atoms with E-state index in [1.807, 2.05) is 6.92 Å². The fraction of sp³-hybridized carbons (Fsp3) is 0.444. The normalized spacial score (nSPS) is 13.1. The summed E-state index contributed by atoms with van der Waals surface area (Å²) in [6, 6.07) is 1.33. The zero-order chi connectivity index (χ0) is 19.4. The van der Waals surface area contributed by atoms with Crippen molar-refractivity contribution in [1.29, 1.82) is 0 Å². The van der Waals surface area contributed by atoms with Crippen molar-refractivity contribution in [1.82, 2.24) is 9.78 Å². The van der Waals surface area contributed by atoms with E-state index in [9.17, 15) is 14.4 Å². The number of carboxylic acid groups (broad SMARTS) is 1. The van der Waals surface area contributed by atoms with Gasteiger partial charge < -0.3 is 15.2 Å². The Morgan fingerprint density at radius 3 is 2.81 bits per heavy atom. The summed E-state index contributed by atoms with van der Waals surface area (Å²) >= 11 is 1.42. The number of carboxylic acids is 1. The molecule has 27 heavy (non-hydrogen) atoms. The number of anilines is 1. The number of nitrogens with zero attached hydrogens (tertiary/aromatic N) is 2. The first-order chi connectivity index (χ1) is 13.0. The molecule has 0 unspecified atom stereocenters. The molecule has 9 heteroatoms. The van der Waals surface area contributed by atoms with Crippen molar-refractivity contribution in [2.75, 3.05) is 11.9 Å². The van der Waals surface area contributed by atoms with Crippen LogP contribution >= 0.6 is 11.3 Å². The maximum absolute atomic E-state index is 12.5. The number of hydrogen-bond donors (Lipinski definition) is 2. The predicted molar refractivity (Wildman–Crippen MR) is 99.4 cm³/mol. The highest BCUT2D eigenvalue weighted by molar-refractivity contribution is 7.17. The summed E-state index contributed by atoms with van der Waals surface area (Å²) in [5.74, 6) is -1.93. The van der Waals surface area contributed by atoms with Crippen LogP contribution in [0.25, 0.3) is 0 Å². The van der Waals surface area contributed by atoms with E-state index < -0.39 is 11.9 Å². The molecule has 0 aromatic carbocycles. The van der Waals surface area contributed by atoms with Crippen molar-refractivity contribution in [2.45, 2.75) is 45.6 Å². The van der Waals surface area contributed by atoms with Crippen molar-refractivity contribution in [2.24, 2.45) is 0 Å². The average Bonchev–Trinajstić information content (AvgIpc) is 3.23. The second kappa shape index (κ2) is 8.34. The monoisotopic (exact) mass is 391 g/mol. The number of hydrogen-bond acceptors (Lipinski definition) is 6. The first-order valence-corrected chi connectivity index (χ1v) is 9.69. The first-order valence-electron chi connectivity index (χ1n) is 8.87. The van der Waals surface area contributed by atoms with Crippen LogP contribution in [0.1, 0.15) is 57.5 Å². The van der Waals surface area contributed by atoms with Crippen LogP contribution in [0.4, 0.5) is 5.00 Å². The van der Waals surface area contributed by atoms with Crippen LogP contribution in [0.3, 0.4) is 0 Å². The molecule has 1 aliphatic rings. The van der Waals surface area contributed by atoms with Crippen LogP contribution in [-0.4, -0.2) is 39.3 Å². The number of fused-ring (bicyclic) bond motifs is 1. The maximum Gasteiger partial charge on any atom is 0.356 e. The van der Waals surface area contributed by atoms with Gasteiger partial charge in [-0.1, -0.05) is 6.92 Å². The van der Waals surface area contributed by atoms with Gasteiger partial charge in [0.15, 0.2) is 5.69 Å². The van der Waals surface area contributed by atoms with E-state index in [1.165, 1.54) is 28.3 Å². The SMILES string of the molecule is CCCOC(=O)c1c(NC(=O)Cn2ccc(C(=O)O)n2)sc2c1CCCC2. The summed E-state index contributed by atoms with van der Waals surface area (Å²) in [6.45, 7) is 2.12. The molecule has 3 rings (SSSR count). The van der Waals surface area contributed by atoms with Gasteiger partial charge in [-0.25, -0.2) is 9.59 Å². The summed E-state index contributed by atoms with van der Waals surface area (Å²) in [4.78, 5) is 36.9. The largest absolute Gasteiger partial charge is 0.476 e. The molecule has 1 amide bonds. The summed E-state index contributed by atoms with van der Waals surface area (Å²) in [6.07, 6.45) is 5.93. The molecule has 2 heterocycles. The number of aryl methyl sites for hydroxylation is 1. The van der Waals surface area contributed by atoms with Crippen LogP contribution in [-0.2, 0) is 28.9 Å². The van der Waals surface area contributed by atoms with Crippen LogP contribution in [0, 0.1) is 0 Å². The Kier molecular flexibility index (Phi) is 5.90. The number of rotatable bonds is 7. The van der Waals surface area contributed by atoms with Crippen molar-refractivity contribution < 1.29 is 24.2 Å². The number of ether oxygens (including phenoxy) is 1. The summed E-state index contributed by atoms with van der Waals surface area (Å²) in [5.41, 5.74) is 1.32. The summed E-state index contributed by atoms with van der Waals surface area (Å²) in [5, 5.41) is 16.0. The molecule has 0 spiro atoms. The Morgan fingerprint density at radius 1 is 1.33 bits per heavy atom. The zero-order valence-electron chi connectivity index (χ0n) is 15.0. The Morgan fingerprint density at radius 2 is 2.11 bits per heavy atom. The van der Waals surface area contributed by atoms with Crippen molar-refractivity contribution in [3.63, 3.8) is 0 Å². The molecule has 0 fully saturated rings. The number of thiophene rings is 1. The van der Waals surface area contributed by atoms with Gasteiger partial charge in [-0.3, -0.25) is 9.48 Å². The molecule has 0 bridgehead atoms. The van der Waals surface area contributed by atoms with Gasteiger partial charge in [0.2, 0.25) is 5.91 Å². The fourth-order valence-electron chi connectivity index (χ4n) is 3.01. The van der Waals surface area contributed by atoms with Gasteiger partial charge in [-0.05, 0) is 43.7 Å². The molecule has 2 N–H and O–H groups in total. The Labute approximate surface area is 160 Å². The van der Waals surface area contributed by atoms with Gasteiger partial charge in [-0.2, -0.15) is 5.10 Å². The van der Waals surface area contributed by atoms with E-state index in [1.54, 1.807) is 0 Å². The number of amides is 1. The third kappa shape index (κ3) is 4.36. The number of nitrogens with one attached hydrogen (secondary N) is 1. The van der Waals surface area contributed by atoms with E-state index in [-0.39, 0.29) is 18.1 Å². The van der Waals surface area contributed by atoms with Crippen molar-refractivity contribution in [3.8, 4) is 0 Å². The second-order valence-corrected chi connectivity index (χ2v) is 7.41. The third-order valence-electron chi connectivity index (χ3n) is 4.23. The van der Waals surface area contributed by atoms with Gasteiger partial charge >= 0.3 is 11.9 Å². The Balaban J connectivity index is 1.78. The van der Waals surface area contributed by atoms with Crippen LogP contribution in [0.2, 0.25) is 0 Å². The first kappa shape index (κ1) is 19.1. The molecule has 1 aliphatic carbocycles. The quantitative estimate of drug-likeness (QED) is 0.702. The van der Waals surface area contributed by atoms with Crippen LogP contribution < -0.4 is 5.32 Å². The molecule has 0 saturated heterocycles. The Bertz CT molecular complexity index is 870. The van der Waals surface area contributed by atoms with Crippen molar-refractivity contribution in [3.05, 3.63) is 34.0 Å². The van der Waals surface area contributed by atoms with E-state index in [2.05, 4.69) is 10.4 Å². The molecular formula is C18H21N3O5S. The maximum atomic E-state index is 12.5. The number of aromatic carboxylic acids is 1. The lowest BCUT2D eigenvalue weighted by Gasteiger charge is -2.12.